The van der Waals surface area contributed by atoms with Crippen molar-refractivity contribution in [3.63, 3.8) is 0 Å². The molecule has 0 aliphatic carbocycles. The number of guanidine groups is 1. The molecule has 0 radical (unpaired) electrons. The van der Waals surface area contributed by atoms with Crippen LogP contribution in [-0.4, -0.2) is 94.1 Å². The van der Waals surface area contributed by atoms with Crippen molar-refractivity contribution in [1.82, 2.24) is 16.0 Å². The molecule has 0 aromatic rings. The van der Waals surface area contributed by atoms with Gasteiger partial charge in [0.15, 0.2) is 12.0 Å². The molecule has 0 bridgehead atoms. The van der Waals surface area contributed by atoms with E-state index in [2.05, 4.69) is 33.6 Å². The number of carboxylic acids is 1. The highest BCUT2D eigenvalue weighted by Crippen LogP contribution is 2.03. The fourth-order valence-electron chi connectivity index (χ4n) is 2.24. The van der Waals surface area contributed by atoms with Crippen LogP contribution in [0.4, 0.5) is 0 Å². The first-order valence-electron chi connectivity index (χ1n) is 9.29. The molecule has 178 valence electrons. The molecule has 3 amide bonds. The number of aliphatic imine (C=N–C) groups is 1. The number of thiol groups is 1. The van der Waals surface area contributed by atoms with Crippen LogP contribution in [0.2, 0.25) is 0 Å². The summed E-state index contributed by atoms with van der Waals surface area (Å²) in [5.41, 5.74) is 15.9. The monoisotopic (exact) mass is 465 g/mol. The molecule has 5 atom stereocenters. The molecule has 31 heavy (non-hydrogen) atoms. The Morgan fingerprint density at radius 3 is 2.03 bits per heavy atom. The smallest absolute Gasteiger partial charge is 0.328 e. The highest BCUT2D eigenvalue weighted by atomic mass is 32.1. The fraction of sp³-hybridized carbons (Fsp3) is 0.688. The Morgan fingerprint density at radius 2 is 1.58 bits per heavy atom. The third-order valence-corrected chi connectivity index (χ3v) is 4.34. The average Bonchev–Trinajstić information content (AvgIpc) is 2.70. The van der Waals surface area contributed by atoms with Crippen LogP contribution >= 0.6 is 12.6 Å². The predicted molar refractivity (Wildman–Crippen MR) is 114 cm³/mol. The minimum absolute atomic E-state index is 0.0178. The number of aliphatic hydroxyl groups is 2. The van der Waals surface area contributed by atoms with Crippen molar-refractivity contribution in [2.45, 2.75) is 50.0 Å². The summed E-state index contributed by atoms with van der Waals surface area (Å²) >= 11 is 3.98. The number of carboxylic acid groups (broad SMARTS) is 1. The van der Waals surface area contributed by atoms with Gasteiger partial charge in [0.25, 0.3) is 0 Å². The summed E-state index contributed by atoms with van der Waals surface area (Å²) in [7, 11) is 0. The SMILES string of the molecule is CC(O)C(NC(=O)C(CCCN=C(N)N)NC(=O)C(CS)NC(=O)C(N)CO)C(=O)O. The summed E-state index contributed by atoms with van der Waals surface area (Å²) in [4.78, 5) is 51.9. The maximum Gasteiger partial charge on any atom is 0.328 e. The van der Waals surface area contributed by atoms with Gasteiger partial charge in [-0.25, -0.2) is 4.79 Å². The number of nitrogens with zero attached hydrogens (tertiary/aromatic N) is 1. The van der Waals surface area contributed by atoms with E-state index in [1.807, 2.05) is 0 Å². The molecule has 0 aliphatic heterocycles. The molecular weight excluding hydrogens is 434 g/mol. The maximum atomic E-state index is 12.6. The van der Waals surface area contributed by atoms with E-state index in [4.69, 9.17) is 27.4 Å². The molecule has 5 unspecified atom stereocenters. The first kappa shape index (κ1) is 28.4. The normalized spacial score (nSPS) is 15.5. The van der Waals surface area contributed by atoms with Crippen molar-refractivity contribution >= 4 is 42.3 Å². The quantitative estimate of drug-likeness (QED) is 0.0506. The number of nitrogens with two attached hydrogens (primary N) is 3. The van der Waals surface area contributed by atoms with Gasteiger partial charge in [-0.1, -0.05) is 0 Å². The molecule has 0 heterocycles. The van der Waals surface area contributed by atoms with Gasteiger partial charge < -0.3 is 48.5 Å². The topological polar surface area (TPSA) is 255 Å². The number of rotatable bonds is 14. The Bertz CT molecular complexity index is 658. The summed E-state index contributed by atoms with van der Waals surface area (Å²) in [6.45, 7) is 0.680. The van der Waals surface area contributed by atoms with E-state index in [0.29, 0.717) is 0 Å². The Labute approximate surface area is 184 Å². The van der Waals surface area contributed by atoms with Gasteiger partial charge in [0.1, 0.15) is 18.1 Å². The Morgan fingerprint density at radius 1 is 1.03 bits per heavy atom. The number of hydrogen-bond donors (Lipinski definition) is 10. The second-order valence-electron chi connectivity index (χ2n) is 6.61. The van der Waals surface area contributed by atoms with Crippen molar-refractivity contribution in [2.24, 2.45) is 22.2 Å². The third kappa shape index (κ3) is 10.8. The van der Waals surface area contributed by atoms with E-state index in [1.165, 1.54) is 6.92 Å². The highest BCUT2D eigenvalue weighted by molar-refractivity contribution is 7.80. The molecule has 0 fully saturated rings. The molecule has 0 saturated carbocycles. The highest BCUT2D eigenvalue weighted by Gasteiger charge is 2.31. The zero-order valence-corrected chi connectivity index (χ0v) is 17.9. The second kappa shape index (κ2) is 14.4. The van der Waals surface area contributed by atoms with Crippen molar-refractivity contribution in [3.05, 3.63) is 0 Å². The lowest BCUT2D eigenvalue weighted by Gasteiger charge is -2.25. The molecule has 0 spiro atoms. The van der Waals surface area contributed by atoms with Gasteiger partial charge in [-0.05, 0) is 19.8 Å². The van der Waals surface area contributed by atoms with Gasteiger partial charge in [0.2, 0.25) is 17.7 Å². The molecule has 0 aromatic heterocycles. The van der Waals surface area contributed by atoms with E-state index < -0.39 is 60.6 Å². The molecular formula is C16H31N7O7S. The number of carbonyl (C=O) groups is 4. The number of nitrogens with one attached hydrogen (secondary N) is 3. The summed E-state index contributed by atoms with van der Waals surface area (Å²) in [5.74, 6) is -4.24. The minimum Gasteiger partial charge on any atom is -0.480 e. The van der Waals surface area contributed by atoms with Gasteiger partial charge in [0.05, 0.1) is 12.7 Å². The number of carbonyl (C=O) groups excluding carboxylic acids is 3. The zero-order valence-electron chi connectivity index (χ0n) is 17.0. The Kier molecular flexibility index (Phi) is 13.2. The van der Waals surface area contributed by atoms with E-state index in [9.17, 15) is 24.3 Å². The summed E-state index contributed by atoms with van der Waals surface area (Å²) in [6, 6.07) is -5.27. The molecule has 0 saturated heterocycles. The molecule has 0 aliphatic rings. The summed E-state index contributed by atoms with van der Waals surface area (Å²) in [5, 5.41) is 34.4. The first-order valence-corrected chi connectivity index (χ1v) is 9.92. The molecule has 15 heteroatoms. The summed E-state index contributed by atoms with van der Waals surface area (Å²) in [6.07, 6.45) is -1.14. The van der Waals surface area contributed by atoms with E-state index in [0.717, 1.165) is 0 Å². The van der Waals surface area contributed by atoms with Crippen LogP contribution in [0.15, 0.2) is 4.99 Å². The average molecular weight is 466 g/mol. The largest absolute Gasteiger partial charge is 0.480 e. The molecule has 0 aromatic carbocycles. The van der Waals surface area contributed by atoms with Gasteiger partial charge in [-0.2, -0.15) is 12.6 Å². The zero-order chi connectivity index (χ0) is 24.1. The van der Waals surface area contributed by atoms with Crippen molar-refractivity contribution in [3.8, 4) is 0 Å². The fourth-order valence-corrected chi connectivity index (χ4v) is 2.50. The van der Waals surface area contributed by atoms with Crippen molar-refractivity contribution < 1.29 is 34.5 Å². The standard InChI is InChI=1S/C16H31N7O7S/c1-7(25)11(15(29)30)23-13(27)9(3-2-4-20-16(18)19)21-14(28)10(6-31)22-12(26)8(17)5-24/h7-11,24-25,31H,2-6,17H2,1H3,(H,21,28)(H,22,26)(H,23,27)(H,29,30)(H4,18,19,20). The molecule has 0 rings (SSSR count). The Balaban J connectivity index is 5.35. The third-order valence-electron chi connectivity index (χ3n) is 3.97. The first-order chi connectivity index (χ1) is 14.4. The summed E-state index contributed by atoms with van der Waals surface area (Å²) < 4.78 is 0. The lowest BCUT2D eigenvalue weighted by atomic mass is 10.1. The van der Waals surface area contributed by atoms with Crippen LogP contribution < -0.4 is 33.2 Å². The van der Waals surface area contributed by atoms with E-state index in [1.54, 1.807) is 0 Å². The van der Waals surface area contributed by atoms with Gasteiger partial charge in [0, 0.05) is 12.3 Å². The lowest BCUT2D eigenvalue weighted by molar-refractivity contribution is -0.145. The van der Waals surface area contributed by atoms with Gasteiger partial charge >= 0.3 is 5.97 Å². The van der Waals surface area contributed by atoms with Crippen molar-refractivity contribution in [2.75, 3.05) is 18.9 Å². The van der Waals surface area contributed by atoms with Gasteiger partial charge in [-0.3, -0.25) is 19.4 Å². The van der Waals surface area contributed by atoms with Crippen LogP contribution in [0.25, 0.3) is 0 Å². The maximum absolute atomic E-state index is 12.6. The van der Waals surface area contributed by atoms with E-state index >= 15 is 0 Å². The van der Waals surface area contributed by atoms with Gasteiger partial charge in [-0.15, -0.1) is 0 Å². The predicted octanol–water partition coefficient (Wildman–Crippen LogP) is -4.79. The molecule has 12 N–H and O–H groups in total. The van der Waals surface area contributed by atoms with Crippen LogP contribution in [0.1, 0.15) is 19.8 Å². The number of aliphatic carboxylic acids is 1. The van der Waals surface area contributed by atoms with Crippen LogP contribution in [-0.2, 0) is 19.2 Å². The van der Waals surface area contributed by atoms with Crippen molar-refractivity contribution in [1.29, 1.82) is 0 Å². The number of aliphatic hydroxyl groups excluding tert-OH is 2. The van der Waals surface area contributed by atoms with Crippen LogP contribution in [0.3, 0.4) is 0 Å². The Hall–Kier alpha value is -2.62. The number of hydrogen-bond acceptors (Lipinski definition) is 9. The molecule has 14 nitrogen and oxygen atoms in total. The van der Waals surface area contributed by atoms with Crippen LogP contribution in [0, 0.1) is 0 Å². The second-order valence-corrected chi connectivity index (χ2v) is 6.97. The van der Waals surface area contributed by atoms with E-state index in [-0.39, 0.29) is 31.1 Å². The van der Waals surface area contributed by atoms with Crippen LogP contribution in [0.5, 0.6) is 0 Å². The lowest BCUT2D eigenvalue weighted by Crippen LogP contribution is -2.58. The minimum atomic E-state index is -1.60. The number of amides is 3.